The van der Waals surface area contributed by atoms with Gasteiger partial charge < -0.3 is 9.64 Å². The molecule has 1 aromatic carbocycles. The zero-order valence-corrected chi connectivity index (χ0v) is 14.8. The van der Waals surface area contributed by atoms with E-state index in [2.05, 4.69) is 0 Å². The molecule has 0 saturated carbocycles. The normalized spacial score (nSPS) is 22.6. The van der Waals surface area contributed by atoms with Crippen LogP contribution in [0.15, 0.2) is 29.2 Å². The number of aldehydes is 1. The monoisotopic (exact) mass is 366 g/mol. The van der Waals surface area contributed by atoms with Gasteiger partial charge in [-0.05, 0) is 18.9 Å². The summed E-state index contributed by atoms with van der Waals surface area (Å²) in [4.78, 5) is 25.6. The zero-order chi connectivity index (χ0) is 17.9. The zero-order valence-electron chi connectivity index (χ0n) is 14.0. The number of ether oxygens (including phenoxy) is 1. The van der Waals surface area contributed by atoms with Crippen LogP contribution in [0.25, 0.3) is 0 Å². The van der Waals surface area contributed by atoms with Gasteiger partial charge in [-0.15, -0.1) is 0 Å². The average Bonchev–Trinajstić information content (AvgIpc) is 2.68. The van der Waals surface area contributed by atoms with E-state index in [-0.39, 0.29) is 28.8 Å². The lowest BCUT2D eigenvalue weighted by Gasteiger charge is -2.35. The first-order valence-corrected chi connectivity index (χ1v) is 9.89. The van der Waals surface area contributed by atoms with Crippen LogP contribution in [0, 0.1) is 5.92 Å². The minimum atomic E-state index is -3.80. The molecule has 0 N–H and O–H groups in total. The molecule has 0 aromatic heterocycles. The highest BCUT2D eigenvalue weighted by Gasteiger charge is 2.36. The summed E-state index contributed by atoms with van der Waals surface area (Å²) in [5.74, 6) is -0.350. The van der Waals surface area contributed by atoms with E-state index >= 15 is 0 Å². The molecule has 3 rings (SSSR count). The maximum Gasteiger partial charge on any atom is 0.243 e. The molecular weight excluding hydrogens is 344 g/mol. The number of carbonyl (C=O) groups excluding carboxylic acids is 2. The number of carbonyl (C=O) groups is 2. The van der Waals surface area contributed by atoms with Crippen LogP contribution >= 0.6 is 0 Å². The minimum absolute atomic E-state index is 0.00414. The molecule has 2 aliphatic heterocycles. The maximum atomic E-state index is 12.9. The predicted molar refractivity (Wildman–Crippen MR) is 90.7 cm³/mol. The smallest absolute Gasteiger partial charge is 0.243 e. The van der Waals surface area contributed by atoms with Crippen molar-refractivity contribution in [3.05, 3.63) is 29.8 Å². The Morgan fingerprint density at radius 1 is 1.16 bits per heavy atom. The lowest BCUT2D eigenvalue weighted by Crippen LogP contribution is -2.49. The molecule has 1 unspecified atom stereocenters. The van der Waals surface area contributed by atoms with Crippen LogP contribution in [0.5, 0.6) is 0 Å². The van der Waals surface area contributed by atoms with Crippen LogP contribution in [-0.4, -0.2) is 69.2 Å². The van der Waals surface area contributed by atoms with Gasteiger partial charge in [-0.3, -0.25) is 9.59 Å². The number of amides is 1. The van der Waals surface area contributed by atoms with Crippen LogP contribution in [0.2, 0.25) is 0 Å². The SMILES string of the molecule is O=Cc1ccccc1S(=O)(=O)N1CCCC(C(=O)N2CCOCC2)C1. The predicted octanol–water partition coefficient (Wildman–Crippen LogP) is 0.759. The van der Waals surface area contributed by atoms with E-state index < -0.39 is 10.0 Å². The highest BCUT2D eigenvalue weighted by molar-refractivity contribution is 7.89. The number of rotatable bonds is 4. The third-order valence-electron chi connectivity index (χ3n) is 4.72. The summed E-state index contributed by atoms with van der Waals surface area (Å²) in [6.07, 6.45) is 1.86. The standard InChI is InChI=1S/C17H22N2O5S/c20-13-15-4-1-2-6-16(15)25(22,23)19-7-3-5-14(12-19)17(21)18-8-10-24-11-9-18/h1-2,4,6,13-14H,3,5,7-12H2. The van der Waals surface area contributed by atoms with Crippen LogP contribution in [0.3, 0.4) is 0 Å². The summed E-state index contributed by atoms with van der Waals surface area (Å²) in [6, 6.07) is 6.15. The maximum absolute atomic E-state index is 12.9. The van der Waals surface area contributed by atoms with E-state index in [1.54, 1.807) is 17.0 Å². The van der Waals surface area contributed by atoms with Gasteiger partial charge in [0.1, 0.15) is 0 Å². The van der Waals surface area contributed by atoms with Gasteiger partial charge in [0.05, 0.1) is 24.0 Å². The molecule has 0 spiro atoms. The van der Waals surface area contributed by atoms with Crippen LogP contribution < -0.4 is 0 Å². The first-order chi connectivity index (χ1) is 12.0. The Morgan fingerprint density at radius 2 is 1.88 bits per heavy atom. The molecule has 1 amide bonds. The van der Waals surface area contributed by atoms with Crippen molar-refractivity contribution in [1.29, 1.82) is 0 Å². The molecule has 1 atom stereocenters. The van der Waals surface area contributed by atoms with E-state index in [1.165, 1.54) is 16.4 Å². The van der Waals surface area contributed by atoms with Gasteiger partial charge in [0, 0.05) is 31.7 Å². The summed E-state index contributed by atoms with van der Waals surface area (Å²) in [6.45, 7) is 2.67. The largest absolute Gasteiger partial charge is 0.378 e. The molecule has 136 valence electrons. The summed E-state index contributed by atoms with van der Waals surface area (Å²) >= 11 is 0. The van der Waals surface area contributed by atoms with E-state index in [4.69, 9.17) is 4.74 Å². The Balaban J connectivity index is 1.78. The molecule has 0 aliphatic carbocycles. The van der Waals surface area contributed by atoms with Crippen LogP contribution in [0.4, 0.5) is 0 Å². The Labute approximate surface area is 147 Å². The van der Waals surface area contributed by atoms with Crippen molar-refractivity contribution in [2.45, 2.75) is 17.7 Å². The Kier molecular flexibility index (Phi) is 5.51. The molecule has 25 heavy (non-hydrogen) atoms. The topological polar surface area (TPSA) is 84.0 Å². The molecule has 2 aliphatic rings. The van der Waals surface area contributed by atoms with Gasteiger partial charge in [-0.1, -0.05) is 18.2 Å². The lowest BCUT2D eigenvalue weighted by molar-refractivity contribution is -0.140. The van der Waals surface area contributed by atoms with Crippen molar-refractivity contribution >= 4 is 22.2 Å². The molecule has 7 nitrogen and oxygen atoms in total. The molecule has 8 heteroatoms. The molecule has 2 fully saturated rings. The highest BCUT2D eigenvalue weighted by atomic mass is 32.2. The number of hydrogen-bond donors (Lipinski definition) is 0. The van der Waals surface area contributed by atoms with Gasteiger partial charge in [0.25, 0.3) is 0 Å². The molecule has 0 radical (unpaired) electrons. The van der Waals surface area contributed by atoms with Gasteiger partial charge >= 0.3 is 0 Å². The Morgan fingerprint density at radius 3 is 2.60 bits per heavy atom. The van der Waals surface area contributed by atoms with Crippen molar-refractivity contribution in [2.75, 3.05) is 39.4 Å². The van der Waals surface area contributed by atoms with Gasteiger partial charge in [0.2, 0.25) is 15.9 Å². The van der Waals surface area contributed by atoms with Crippen molar-refractivity contribution in [2.24, 2.45) is 5.92 Å². The molecular formula is C17H22N2O5S. The van der Waals surface area contributed by atoms with Crippen molar-refractivity contribution in [3.63, 3.8) is 0 Å². The fourth-order valence-corrected chi connectivity index (χ4v) is 5.04. The molecule has 1 aromatic rings. The Hall–Kier alpha value is -1.77. The number of piperidine rings is 1. The van der Waals surface area contributed by atoms with Crippen molar-refractivity contribution in [3.8, 4) is 0 Å². The average molecular weight is 366 g/mol. The quantitative estimate of drug-likeness (QED) is 0.735. The number of hydrogen-bond acceptors (Lipinski definition) is 5. The first-order valence-electron chi connectivity index (χ1n) is 8.45. The summed E-state index contributed by atoms with van der Waals surface area (Å²) in [5.41, 5.74) is 0.143. The van der Waals surface area contributed by atoms with E-state index in [0.29, 0.717) is 52.0 Å². The number of morpholine rings is 1. The lowest BCUT2D eigenvalue weighted by atomic mass is 9.98. The van der Waals surface area contributed by atoms with Crippen LogP contribution in [-0.2, 0) is 19.6 Å². The van der Waals surface area contributed by atoms with Crippen molar-refractivity contribution in [1.82, 2.24) is 9.21 Å². The fourth-order valence-electron chi connectivity index (χ4n) is 3.36. The van der Waals surface area contributed by atoms with Gasteiger partial charge in [0.15, 0.2) is 6.29 Å². The van der Waals surface area contributed by atoms with E-state index in [0.717, 1.165) is 0 Å². The number of benzene rings is 1. The first kappa shape index (κ1) is 18.0. The van der Waals surface area contributed by atoms with Gasteiger partial charge in [-0.25, -0.2) is 8.42 Å². The number of sulfonamides is 1. The van der Waals surface area contributed by atoms with Crippen molar-refractivity contribution < 1.29 is 22.7 Å². The van der Waals surface area contributed by atoms with E-state index in [9.17, 15) is 18.0 Å². The molecule has 2 saturated heterocycles. The number of nitrogens with zero attached hydrogens (tertiary/aromatic N) is 2. The third kappa shape index (κ3) is 3.75. The van der Waals surface area contributed by atoms with Crippen LogP contribution in [0.1, 0.15) is 23.2 Å². The molecule has 0 bridgehead atoms. The summed E-state index contributed by atoms with van der Waals surface area (Å²) in [7, 11) is -3.80. The summed E-state index contributed by atoms with van der Waals surface area (Å²) in [5, 5.41) is 0. The highest BCUT2D eigenvalue weighted by Crippen LogP contribution is 2.26. The van der Waals surface area contributed by atoms with E-state index in [1.807, 2.05) is 0 Å². The van der Waals surface area contributed by atoms with Gasteiger partial charge in [-0.2, -0.15) is 4.31 Å². The minimum Gasteiger partial charge on any atom is -0.378 e. The second-order valence-corrected chi connectivity index (χ2v) is 8.20. The second-order valence-electron chi connectivity index (χ2n) is 6.30. The second kappa shape index (κ2) is 7.63. The Bertz CT molecular complexity index is 743. The third-order valence-corrected chi connectivity index (χ3v) is 6.66. The fraction of sp³-hybridized carbons (Fsp3) is 0.529. The molecule has 2 heterocycles. The summed E-state index contributed by atoms with van der Waals surface area (Å²) < 4.78 is 32.5.